The van der Waals surface area contributed by atoms with E-state index in [9.17, 15) is 4.79 Å². The Kier molecular flexibility index (Phi) is 3.32. The molecule has 0 aromatic rings. The number of quaternary nitrogens is 1. The third-order valence-corrected chi connectivity index (χ3v) is 1.94. The van der Waals surface area contributed by atoms with Gasteiger partial charge in [-0.1, -0.05) is 0 Å². The maximum atomic E-state index is 10.2. The van der Waals surface area contributed by atoms with Gasteiger partial charge >= 0.3 is 5.97 Å². The van der Waals surface area contributed by atoms with Crippen molar-refractivity contribution in [3.63, 3.8) is 0 Å². The van der Waals surface area contributed by atoms with Gasteiger partial charge in [0.15, 0.2) is 0 Å². The molecule has 1 aliphatic rings. The minimum Gasteiger partial charge on any atom is -0.481 e. The van der Waals surface area contributed by atoms with Gasteiger partial charge < -0.3 is 10.4 Å². The predicted octanol–water partition coefficient (Wildman–Crippen LogP) is -1.66. The first-order valence-corrected chi connectivity index (χ1v) is 4.05. The van der Waals surface area contributed by atoms with Crippen LogP contribution in [0, 0.1) is 0 Å². The molecule has 1 aliphatic heterocycles. The molecule has 3 N–H and O–H groups in total. The summed E-state index contributed by atoms with van der Waals surface area (Å²) in [6, 6.07) is 0. The number of rotatable bonds is 3. The molecule has 0 aliphatic carbocycles. The van der Waals surface area contributed by atoms with Crippen molar-refractivity contribution in [2.24, 2.45) is 0 Å². The van der Waals surface area contributed by atoms with E-state index < -0.39 is 5.97 Å². The third kappa shape index (κ3) is 3.34. The fraction of sp³-hybridized carbons (Fsp3) is 0.857. The van der Waals surface area contributed by atoms with Gasteiger partial charge in [-0.2, -0.15) is 0 Å². The zero-order chi connectivity index (χ0) is 8.10. The van der Waals surface area contributed by atoms with Crippen LogP contribution in [-0.2, 0) is 4.79 Å². The Balaban J connectivity index is 2.09. The Hall–Kier alpha value is -0.610. The van der Waals surface area contributed by atoms with Crippen LogP contribution in [0.4, 0.5) is 0 Å². The molecule has 0 atom stereocenters. The van der Waals surface area contributed by atoms with Crippen LogP contribution in [0.3, 0.4) is 0 Å². The van der Waals surface area contributed by atoms with Crippen molar-refractivity contribution in [2.75, 3.05) is 32.7 Å². The van der Waals surface area contributed by atoms with Gasteiger partial charge in [-0.15, -0.1) is 0 Å². The van der Waals surface area contributed by atoms with Gasteiger partial charge in [0.25, 0.3) is 0 Å². The summed E-state index contributed by atoms with van der Waals surface area (Å²) in [7, 11) is 0. The number of carboxylic acid groups (broad SMARTS) is 1. The van der Waals surface area contributed by atoms with Crippen LogP contribution < -0.4 is 5.32 Å². The van der Waals surface area contributed by atoms with Crippen molar-refractivity contribution in [2.45, 2.75) is 6.42 Å². The number of hydrogen-bond donors (Lipinski definition) is 2. The van der Waals surface area contributed by atoms with Crippen molar-refractivity contribution in [1.82, 2.24) is 4.90 Å². The van der Waals surface area contributed by atoms with E-state index in [1.54, 1.807) is 0 Å². The molecule has 1 fully saturated rings. The predicted molar refractivity (Wildman–Crippen MR) is 40.4 cm³/mol. The number of nitrogens with two attached hydrogens (primary N) is 1. The van der Waals surface area contributed by atoms with Crippen LogP contribution in [0.5, 0.6) is 0 Å². The molecule has 0 amide bonds. The molecule has 1 saturated heterocycles. The number of hydrogen-bond acceptors (Lipinski definition) is 2. The van der Waals surface area contributed by atoms with E-state index in [0.29, 0.717) is 6.54 Å². The van der Waals surface area contributed by atoms with Crippen LogP contribution in [0.15, 0.2) is 0 Å². The van der Waals surface area contributed by atoms with Crippen LogP contribution in [-0.4, -0.2) is 48.7 Å². The molecule has 0 spiro atoms. The summed E-state index contributed by atoms with van der Waals surface area (Å²) in [5, 5.41) is 10.7. The lowest BCUT2D eigenvalue weighted by Crippen LogP contribution is -2.89. The fourth-order valence-electron chi connectivity index (χ4n) is 1.28. The Morgan fingerprint density at radius 3 is 2.64 bits per heavy atom. The topological polar surface area (TPSA) is 57.1 Å². The lowest BCUT2D eigenvalue weighted by molar-refractivity contribution is -0.663. The minimum absolute atomic E-state index is 0.278. The minimum atomic E-state index is -0.695. The quantitative estimate of drug-likeness (QED) is 0.518. The third-order valence-electron chi connectivity index (χ3n) is 1.94. The molecular weight excluding hydrogens is 144 g/mol. The van der Waals surface area contributed by atoms with Crippen LogP contribution in [0.25, 0.3) is 0 Å². The van der Waals surface area contributed by atoms with Gasteiger partial charge in [-0.25, -0.2) is 0 Å². The zero-order valence-corrected chi connectivity index (χ0v) is 6.62. The molecule has 1 heterocycles. The van der Waals surface area contributed by atoms with Crippen LogP contribution in [0.1, 0.15) is 6.42 Å². The Morgan fingerprint density at radius 2 is 2.09 bits per heavy atom. The van der Waals surface area contributed by atoms with Crippen LogP contribution >= 0.6 is 0 Å². The Labute approximate surface area is 66.2 Å². The van der Waals surface area contributed by atoms with E-state index in [4.69, 9.17) is 5.11 Å². The molecule has 0 bridgehead atoms. The molecular formula is C7H15N2O2+. The number of carboxylic acids is 1. The largest absolute Gasteiger partial charge is 0.481 e. The van der Waals surface area contributed by atoms with Gasteiger partial charge in [0.2, 0.25) is 0 Å². The highest BCUT2D eigenvalue weighted by molar-refractivity contribution is 5.66. The standard InChI is InChI=1S/C7H14N2O2/c10-7(11)1-4-9-5-2-8-3-6-9/h8H,1-6H2,(H,10,11)/p+1. The van der Waals surface area contributed by atoms with E-state index in [1.807, 2.05) is 0 Å². The summed E-state index contributed by atoms with van der Waals surface area (Å²) < 4.78 is 0. The summed E-state index contributed by atoms with van der Waals surface area (Å²) in [6.07, 6.45) is 0.278. The smallest absolute Gasteiger partial charge is 0.304 e. The first-order valence-electron chi connectivity index (χ1n) is 4.05. The summed E-state index contributed by atoms with van der Waals surface area (Å²) in [4.78, 5) is 12.4. The van der Waals surface area contributed by atoms with Gasteiger partial charge in [0, 0.05) is 19.6 Å². The van der Waals surface area contributed by atoms with Crippen LogP contribution in [0.2, 0.25) is 0 Å². The molecule has 0 unspecified atom stereocenters. The highest BCUT2D eigenvalue weighted by Crippen LogP contribution is 1.90. The highest BCUT2D eigenvalue weighted by Gasteiger charge is 2.12. The average Bonchev–Trinajstić information content (AvgIpc) is 2.03. The second-order valence-corrected chi connectivity index (χ2v) is 2.85. The van der Waals surface area contributed by atoms with Crippen molar-refractivity contribution in [3.05, 3.63) is 0 Å². The second-order valence-electron chi connectivity index (χ2n) is 2.85. The SMILES string of the molecule is O=C(O)CCN1CC[NH2+]CC1. The number of carbonyl (C=O) groups is 1. The van der Waals surface area contributed by atoms with E-state index in [-0.39, 0.29) is 6.42 Å². The molecule has 11 heavy (non-hydrogen) atoms. The van der Waals surface area contributed by atoms with Gasteiger partial charge in [-0.3, -0.25) is 9.69 Å². The maximum Gasteiger partial charge on any atom is 0.304 e. The molecule has 4 heteroatoms. The summed E-state index contributed by atoms with van der Waals surface area (Å²) in [5.74, 6) is -0.695. The molecule has 0 saturated carbocycles. The molecule has 0 radical (unpaired) electrons. The fourth-order valence-corrected chi connectivity index (χ4v) is 1.28. The van der Waals surface area contributed by atoms with Crippen molar-refractivity contribution < 1.29 is 15.2 Å². The van der Waals surface area contributed by atoms with Crippen molar-refractivity contribution in [1.29, 1.82) is 0 Å². The average molecular weight is 159 g/mol. The number of piperazine rings is 1. The second kappa shape index (κ2) is 4.31. The van der Waals surface area contributed by atoms with Gasteiger partial charge in [0.05, 0.1) is 19.5 Å². The zero-order valence-electron chi connectivity index (χ0n) is 6.62. The highest BCUT2D eigenvalue weighted by atomic mass is 16.4. The van der Waals surface area contributed by atoms with Crippen molar-refractivity contribution in [3.8, 4) is 0 Å². The summed E-state index contributed by atoms with van der Waals surface area (Å²) >= 11 is 0. The van der Waals surface area contributed by atoms with Gasteiger partial charge in [-0.05, 0) is 0 Å². The first-order chi connectivity index (χ1) is 5.29. The Bertz CT molecular complexity index is 132. The van der Waals surface area contributed by atoms with Crippen molar-refractivity contribution >= 4 is 5.97 Å². The molecule has 1 rings (SSSR count). The lowest BCUT2D eigenvalue weighted by atomic mass is 10.3. The lowest BCUT2D eigenvalue weighted by Gasteiger charge is -2.23. The summed E-state index contributed by atoms with van der Waals surface area (Å²) in [5.41, 5.74) is 0. The molecule has 0 aromatic carbocycles. The Morgan fingerprint density at radius 1 is 1.45 bits per heavy atom. The van der Waals surface area contributed by atoms with E-state index >= 15 is 0 Å². The normalized spacial score (nSPS) is 20.0. The molecule has 4 nitrogen and oxygen atoms in total. The number of aliphatic carboxylic acids is 1. The van der Waals surface area contributed by atoms with E-state index in [2.05, 4.69) is 10.2 Å². The monoisotopic (exact) mass is 159 g/mol. The first kappa shape index (κ1) is 8.49. The summed E-state index contributed by atoms with van der Waals surface area (Å²) in [6.45, 7) is 5.00. The van der Waals surface area contributed by atoms with Gasteiger partial charge in [0.1, 0.15) is 0 Å². The van der Waals surface area contributed by atoms with E-state index in [1.165, 1.54) is 0 Å². The maximum absolute atomic E-state index is 10.2. The number of nitrogens with zero attached hydrogens (tertiary/aromatic N) is 1. The molecule has 0 aromatic heterocycles. The molecule has 64 valence electrons. The van der Waals surface area contributed by atoms with E-state index in [0.717, 1.165) is 26.2 Å².